The Morgan fingerprint density at radius 3 is 2.81 bits per heavy atom. The van der Waals surface area contributed by atoms with Crippen LogP contribution in [0.25, 0.3) is 21.7 Å². The van der Waals surface area contributed by atoms with E-state index in [0.29, 0.717) is 21.7 Å². The number of nitrogens with zero attached hydrogens (tertiary/aromatic N) is 2. The van der Waals surface area contributed by atoms with Gasteiger partial charge in [0, 0.05) is 29.4 Å². The number of alkyl halides is 3. The first kappa shape index (κ1) is 13.3. The predicted molar refractivity (Wildman–Crippen MR) is 72.2 cm³/mol. The lowest BCUT2D eigenvalue weighted by Crippen LogP contribution is -2.22. The Balaban J connectivity index is 2.26. The molecule has 3 aromatic rings. The number of pyridine rings is 3. The summed E-state index contributed by atoms with van der Waals surface area (Å²) in [5.74, 6) is 0.0721. The highest BCUT2D eigenvalue weighted by molar-refractivity contribution is 6.09. The van der Waals surface area contributed by atoms with Gasteiger partial charge in [0.15, 0.2) is 0 Å². The number of aromatic amines is 1. The quantitative estimate of drug-likeness (QED) is 0.712. The number of fused-ring (bicyclic) bond motifs is 3. The summed E-state index contributed by atoms with van der Waals surface area (Å²) in [6.45, 7) is -1.20. The molecule has 0 unspecified atom stereocenters. The van der Waals surface area contributed by atoms with E-state index < -0.39 is 12.7 Å². The fourth-order valence-electron chi connectivity index (χ4n) is 2.12. The lowest BCUT2D eigenvalue weighted by molar-refractivity contribution is -0.115. The van der Waals surface area contributed by atoms with Crippen molar-refractivity contribution in [1.29, 1.82) is 0 Å². The molecule has 108 valence electrons. The van der Waals surface area contributed by atoms with Crippen LogP contribution >= 0.6 is 0 Å². The van der Waals surface area contributed by atoms with E-state index in [-0.39, 0.29) is 11.4 Å². The van der Waals surface area contributed by atoms with Crippen LogP contribution in [0.1, 0.15) is 0 Å². The molecule has 0 radical (unpaired) electrons. The van der Waals surface area contributed by atoms with Gasteiger partial charge < -0.3 is 10.3 Å². The van der Waals surface area contributed by atoms with Crippen LogP contribution in [0, 0.1) is 0 Å². The second kappa shape index (κ2) is 4.72. The van der Waals surface area contributed by atoms with E-state index in [9.17, 15) is 18.0 Å². The first-order chi connectivity index (χ1) is 9.96. The van der Waals surface area contributed by atoms with Gasteiger partial charge in [-0.3, -0.25) is 9.78 Å². The van der Waals surface area contributed by atoms with Crippen LogP contribution in [0.5, 0.6) is 0 Å². The molecule has 21 heavy (non-hydrogen) atoms. The van der Waals surface area contributed by atoms with Crippen molar-refractivity contribution < 1.29 is 13.2 Å². The molecule has 0 aliphatic rings. The summed E-state index contributed by atoms with van der Waals surface area (Å²) in [5, 5.41) is 3.43. The Morgan fingerprint density at radius 2 is 2.05 bits per heavy atom. The molecule has 0 atom stereocenters. The van der Waals surface area contributed by atoms with Gasteiger partial charge in [-0.1, -0.05) is 0 Å². The molecule has 0 aliphatic heterocycles. The first-order valence-electron chi connectivity index (χ1n) is 6.01. The van der Waals surface area contributed by atoms with Gasteiger partial charge in [0.2, 0.25) is 0 Å². The third-order valence-electron chi connectivity index (χ3n) is 2.97. The van der Waals surface area contributed by atoms with Crippen LogP contribution in [0.2, 0.25) is 0 Å². The molecule has 0 aliphatic carbocycles. The minimum atomic E-state index is -4.36. The topological polar surface area (TPSA) is 70.7 Å². The van der Waals surface area contributed by atoms with Gasteiger partial charge in [-0.05, 0) is 12.1 Å². The first-order valence-corrected chi connectivity index (χ1v) is 6.01. The minimum Gasteiger partial charge on any atom is -0.361 e. The Hall–Kier alpha value is -2.64. The molecule has 2 N–H and O–H groups in total. The van der Waals surface area contributed by atoms with E-state index in [1.807, 2.05) is 0 Å². The van der Waals surface area contributed by atoms with Crippen molar-refractivity contribution in [1.82, 2.24) is 15.0 Å². The van der Waals surface area contributed by atoms with E-state index in [0.717, 1.165) is 0 Å². The molecule has 0 fully saturated rings. The lowest BCUT2D eigenvalue weighted by Gasteiger charge is -2.12. The zero-order valence-electron chi connectivity index (χ0n) is 10.5. The standard InChI is InChI=1S/C13H9F3N4O/c14-13(15,16)6-19-11-7-1-3-17-5-8(7)10-9(20-11)2-4-18-12(10)21/h1-5H,6H2,(H,18,21)(H,19,20). The molecule has 0 aromatic carbocycles. The van der Waals surface area contributed by atoms with E-state index >= 15 is 0 Å². The summed E-state index contributed by atoms with van der Waals surface area (Å²) in [7, 11) is 0. The molecule has 0 saturated carbocycles. The van der Waals surface area contributed by atoms with Crippen LogP contribution in [0.15, 0.2) is 35.5 Å². The number of hydrogen-bond acceptors (Lipinski definition) is 4. The third-order valence-corrected chi connectivity index (χ3v) is 2.97. The third kappa shape index (κ3) is 2.51. The summed E-state index contributed by atoms with van der Waals surface area (Å²) in [4.78, 5) is 22.4. The van der Waals surface area contributed by atoms with Gasteiger partial charge >= 0.3 is 6.18 Å². The average molecular weight is 294 g/mol. The normalized spacial score (nSPS) is 12.0. The van der Waals surface area contributed by atoms with Crippen LogP contribution in [-0.4, -0.2) is 27.7 Å². The van der Waals surface area contributed by atoms with Crippen LogP contribution in [-0.2, 0) is 0 Å². The summed E-state index contributed by atoms with van der Waals surface area (Å²) >= 11 is 0. The van der Waals surface area contributed by atoms with Crippen molar-refractivity contribution in [3.8, 4) is 0 Å². The maximum atomic E-state index is 12.4. The fraction of sp³-hybridized carbons (Fsp3) is 0.154. The van der Waals surface area contributed by atoms with Crippen LogP contribution in [0.4, 0.5) is 19.0 Å². The van der Waals surface area contributed by atoms with Gasteiger partial charge in [-0.15, -0.1) is 0 Å². The number of aromatic nitrogens is 3. The molecular formula is C13H9F3N4O. The van der Waals surface area contributed by atoms with Crippen molar-refractivity contribution in [2.75, 3.05) is 11.9 Å². The van der Waals surface area contributed by atoms with Crippen LogP contribution in [0.3, 0.4) is 0 Å². The van der Waals surface area contributed by atoms with E-state index in [4.69, 9.17) is 0 Å². The molecule has 0 spiro atoms. The lowest BCUT2D eigenvalue weighted by atomic mass is 10.1. The number of rotatable bonds is 2. The monoisotopic (exact) mass is 294 g/mol. The van der Waals surface area contributed by atoms with Gasteiger partial charge in [0.05, 0.1) is 10.9 Å². The zero-order valence-corrected chi connectivity index (χ0v) is 10.5. The zero-order chi connectivity index (χ0) is 15.0. The highest BCUT2D eigenvalue weighted by atomic mass is 19.4. The number of H-pyrrole nitrogens is 1. The molecule has 3 heterocycles. The van der Waals surface area contributed by atoms with Crippen LogP contribution < -0.4 is 10.9 Å². The van der Waals surface area contributed by atoms with Gasteiger partial charge in [0.25, 0.3) is 5.56 Å². The summed E-state index contributed by atoms with van der Waals surface area (Å²) in [6, 6.07) is 3.05. The maximum absolute atomic E-state index is 12.4. The molecule has 3 aromatic heterocycles. The van der Waals surface area contributed by atoms with Crippen molar-refractivity contribution in [2.45, 2.75) is 6.18 Å². The highest BCUT2D eigenvalue weighted by Crippen LogP contribution is 2.27. The average Bonchev–Trinajstić information content (AvgIpc) is 2.44. The highest BCUT2D eigenvalue weighted by Gasteiger charge is 2.27. The summed E-state index contributed by atoms with van der Waals surface area (Å²) in [5.41, 5.74) is -0.0516. The molecule has 5 nitrogen and oxygen atoms in total. The second-order valence-electron chi connectivity index (χ2n) is 4.42. The Kier molecular flexibility index (Phi) is 3.00. The van der Waals surface area contributed by atoms with E-state index in [1.165, 1.54) is 30.7 Å². The molecule has 0 saturated heterocycles. The largest absolute Gasteiger partial charge is 0.405 e. The van der Waals surface area contributed by atoms with Gasteiger partial charge in [0.1, 0.15) is 12.4 Å². The fourth-order valence-corrected chi connectivity index (χ4v) is 2.12. The molecule has 3 rings (SSSR count). The predicted octanol–water partition coefficient (Wildman–Crippen LogP) is 2.45. The Labute approximate surface area is 115 Å². The Bertz CT molecular complexity index is 873. The summed E-state index contributed by atoms with van der Waals surface area (Å²) in [6.07, 6.45) is -0.0866. The number of hydrogen-bond donors (Lipinski definition) is 2. The minimum absolute atomic E-state index is 0.0721. The SMILES string of the molecule is O=c1[nH]ccc2nc(NCC(F)(F)F)c3ccncc3c12. The Morgan fingerprint density at radius 1 is 1.24 bits per heavy atom. The second-order valence-corrected chi connectivity index (χ2v) is 4.42. The molecule has 8 heteroatoms. The number of halogens is 3. The van der Waals surface area contributed by atoms with Gasteiger partial charge in [-0.2, -0.15) is 13.2 Å². The number of nitrogens with one attached hydrogen (secondary N) is 2. The smallest absolute Gasteiger partial charge is 0.361 e. The summed E-state index contributed by atoms with van der Waals surface area (Å²) < 4.78 is 37.1. The van der Waals surface area contributed by atoms with Gasteiger partial charge in [-0.25, -0.2) is 4.98 Å². The van der Waals surface area contributed by atoms with E-state index in [2.05, 4.69) is 20.3 Å². The van der Waals surface area contributed by atoms with Crippen molar-refractivity contribution in [3.05, 3.63) is 41.1 Å². The van der Waals surface area contributed by atoms with Crippen molar-refractivity contribution in [2.24, 2.45) is 0 Å². The molecule has 0 amide bonds. The maximum Gasteiger partial charge on any atom is 0.405 e. The van der Waals surface area contributed by atoms with Crippen molar-refractivity contribution in [3.63, 3.8) is 0 Å². The molecular weight excluding hydrogens is 285 g/mol. The molecule has 0 bridgehead atoms. The van der Waals surface area contributed by atoms with E-state index in [1.54, 1.807) is 0 Å². The number of anilines is 1. The van der Waals surface area contributed by atoms with Crippen molar-refractivity contribution >= 4 is 27.5 Å².